The number of nitrogens with zero attached hydrogens (tertiary/aromatic N) is 3. The van der Waals surface area contributed by atoms with Crippen molar-refractivity contribution in [1.29, 1.82) is 10.5 Å². The van der Waals surface area contributed by atoms with E-state index in [1.54, 1.807) is 23.7 Å². The monoisotopic (exact) mass is 253 g/mol. The zero-order valence-corrected chi connectivity index (χ0v) is 10.5. The van der Waals surface area contributed by atoms with E-state index in [1.807, 2.05) is 18.2 Å². The van der Waals surface area contributed by atoms with E-state index in [4.69, 9.17) is 0 Å². The Kier molecular flexibility index (Phi) is 3.22. The first-order valence-corrected chi connectivity index (χ1v) is 5.60. The normalized spacial score (nSPS) is 11.6. The summed E-state index contributed by atoms with van der Waals surface area (Å²) in [5, 5.41) is 19.2. The van der Waals surface area contributed by atoms with Gasteiger partial charge >= 0.3 is 5.97 Å². The molecule has 0 aliphatic heterocycles. The Morgan fingerprint density at radius 3 is 2.63 bits per heavy atom. The molecule has 0 aliphatic rings. The first-order valence-electron chi connectivity index (χ1n) is 5.60. The molecular weight excluding hydrogens is 242 g/mol. The first-order chi connectivity index (χ1) is 9.15. The molecule has 1 aromatic carbocycles. The summed E-state index contributed by atoms with van der Waals surface area (Å²) in [6.45, 7) is 0. The molecule has 0 spiro atoms. The fourth-order valence-electron chi connectivity index (χ4n) is 2.20. The molecule has 0 aliphatic carbocycles. The van der Waals surface area contributed by atoms with Gasteiger partial charge in [-0.05, 0) is 6.07 Å². The van der Waals surface area contributed by atoms with Crippen LogP contribution in [0, 0.1) is 22.7 Å². The van der Waals surface area contributed by atoms with Gasteiger partial charge in [0.15, 0.2) is 5.92 Å². The molecule has 5 nitrogen and oxygen atoms in total. The van der Waals surface area contributed by atoms with Gasteiger partial charge in [0.25, 0.3) is 0 Å². The van der Waals surface area contributed by atoms with Gasteiger partial charge in [0, 0.05) is 23.5 Å². The Morgan fingerprint density at radius 2 is 2.05 bits per heavy atom. The topological polar surface area (TPSA) is 78.8 Å². The van der Waals surface area contributed by atoms with E-state index in [2.05, 4.69) is 10.8 Å². The van der Waals surface area contributed by atoms with Crippen molar-refractivity contribution >= 4 is 16.9 Å². The highest BCUT2D eigenvalue weighted by molar-refractivity contribution is 5.94. The van der Waals surface area contributed by atoms with Crippen molar-refractivity contribution < 1.29 is 9.53 Å². The van der Waals surface area contributed by atoms with Crippen LogP contribution in [0.4, 0.5) is 0 Å². The molecule has 2 aromatic rings. The Balaban J connectivity index is 2.83. The number of aromatic nitrogens is 1. The second kappa shape index (κ2) is 4.83. The molecule has 1 unspecified atom stereocenters. The maximum atomic E-state index is 11.7. The zero-order valence-electron chi connectivity index (χ0n) is 10.5. The van der Waals surface area contributed by atoms with E-state index < -0.39 is 11.9 Å². The maximum absolute atomic E-state index is 11.7. The van der Waals surface area contributed by atoms with Crippen molar-refractivity contribution in [2.24, 2.45) is 7.05 Å². The number of benzene rings is 1. The summed E-state index contributed by atoms with van der Waals surface area (Å²) in [5.74, 6) is -1.75. The van der Waals surface area contributed by atoms with Crippen molar-refractivity contribution in [2.75, 3.05) is 7.11 Å². The van der Waals surface area contributed by atoms with E-state index in [1.165, 1.54) is 7.11 Å². The average Bonchev–Trinajstić information content (AvgIpc) is 2.73. The molecule has 0 fully saturated rings. The van der Waals surface area contributed by atoms with Crippen LogP contribution in [0.1, 0.15) is 17.2 Å². The number of fused-ring (bicyclic) bond motifs is 1. The highest BCUT2D eigenvalue weighted by Crippen LogP contribution is 2.31. The summed E-state index contributed by atoms with van der Waals surface area (Å²) < 4.78 is 6.31. The summed E-state index contributed by atoms with van der Waals surface area (Å²) in [4.78, 5) is 11.7. The predicted molar refractivity (Wildman–Crippen MR) is 68.0 cm³/mol. The van der Waals surface area contributed by atoms with Gasteiger partial charge in [0.05, 0.1) is 13.2 Å². The molecule has 1 aromatic heterocycles. The second-order valence-electron chi connectivity index (χ2n) is 4.04. The van der Waals surface area contributed by atoms with Crippen LogP contribution < -0.4 is 0 Å². The minimum Gasteiger partial charge on any atom is -0.468 e. The third kappa shape index (κ3) is 1.82. The van der Waals surface area contributed by atoms with Crippen LogP contribution in [-0.2, 0) is 16.6 Å². The van der Waals surface area contributed by atoms with Crippen molar-refractivity contribution in [3.05, 3.63) is 35.5 Å². The van der Waals surface area contributed by atoms with E-state index in [0.29, 0.717) is 11.3 Å². The highest BCUT2D eigenvalue weighted by atomic mass is 16.5. The van der Waals surface area contributed by atoms with Gasteiger partial charge in [0.2, 0.25) is 0 Å². The summed E-state index contributed by atoms with van der Waals surface area (Å²) in [7, 11) is 2.96. The van der Waals surface area contributed by atoms with E-state index >= 15 is 0 Å². The molecule has 94 valence electrons. The molecule has 1 atom stereocenters. The number of aryl methyl sites for hydroxylation is 1. The number of rotatable bonds is 2. The number of carbonyl (C=O) groups excluding carboxylic acids is 1. The van der Waals surface area contributed by atoms with Crippen LogP contribution in [0.3, 0.4) is 0 Å². The summed E-state index contributed by atoms with van der Waals surface area (Å²) >= 11 is 0. The molecule has 0 N–H and O–H groups in total. The van der Waals surface area contributed by atoms with Gasteiger partial charge in [-0.25, -0.2) is 0 Å². The quantitative estimate of drug-likeness (QED) is 0.765. The Labute approximate surface area is 110 Å². The van der Waals surface area contributed by atoms with Crippen LogP contribution in [-0.4, -0.2) is 17.6 Å². The number of hydrogen-bond acceptors (Lipinski definition) is 4. The first kappa shape index (κ1) is 12.7. The lowest BCUT2D eigenvalue weighted by molar-refractivity contribution is -0.140. The number of methoxy groups -OCH3 is 1. The van der Waals surface area contributed by atoms with Crippen LogP contribution in [0.15, 0.2) is 24.3 Å². The average molecular weight is 253 g/mol. The third-order valence-corrected chi connectivity index (χ3v) is 3.11. The van der Waals surface area contributed by atoms with E-state index in [-0.39, 0.29) is 0 Å². The van der Waals surface area contributed by atoms with Crippen LogP contribution in [0.25, 0.3) is 10.9 Å². The maximum Gasteiger partial charge on any atom is 0.327 e. The number of nitriles is 2. The Morgan fingerprint density at radius 1 is 1.37 bits per heavy atom. The van der Waals surface area contributed by atoms with Gasteiger partial charge in [-0.2, -0.15) is 10.5 Å². The molecule has 0 amide bonds. The van der Waals surface area contributed by atoms with E-state index in [9.17, 15) is 15.3 Å². The molecule has 0 saturated carbocycles. The fraction of sp³-hybridized carbons (Fsp3) is 0.214. The van der Waals surface area contributed by atoms with Crippen molar-refractivity contribution in [2.45, 2.75) is 5.92 Å². The van der Waals surface area contributed by atoms with Gasteiger partial charge in [-0.1, -0.05) is 18.2 Å². The van der Waals surface area contributed by atoms with Crippen molar-refractivity contribution in [1.82, 2.24) is 4.57 Å². The molecule has 1 heterocycles. The lowest BCUT2D eigenvalue weighted by atomic mass is 9.97. The van der Waals surface area contributed by atoms with Gasteiger partial charge in [-0.3, -0.25) is 4.79 Å². The summed E-state index contributed by atoms with van der Waals surface area (Å²) in [6.07, 6.45) is 0. The number of carbonyl (C=O) groups is 1. The van der Waals surface area contributed by atoms with Crippen molar-refractivity contribution in [3.8, 4) is 12.1 Å². The van der Waals surface area contributed by atoms with E-state index in [0.717, 1.165) is 10.9 Å². The largest absolute Gasteiger partial charge is 0.468 e. The van der Waals surface area contributed by atoms with Crippen LogP contribution in [0.5, 0.6) is 0 Å². The number of ether oxygens (including phenoxy) is 1. The van der Waals surface area contributed by atoms with Crippen LogP contribution in [0.2, 0.25) is 0 Å². The molecule has 5 heteroatoms. The second-order valence-corrected chi connectivity index (χ2v) is 4.04. The number of hydrogen-bond donors (Lipinski definition) is 0. The standard InChI is InChI=1S/C14H11N3O2/c1-17-11-6-4-3-5-9(11)13(12(17)8-16)10(7-15)14(18)19-2/h3-6,10H,1-2H3. The predicted octanol–water partition coefficient (Wildman–Crippen LogP) is 1.83. The Hall–Kier alpha value is -2.79. The minimum atomic E-state index is -1.09. The lowest BCUT2D eigenvalue weighted by Crippen LogP contribution is -2.13. The van der Waals surface area contributed by atoms with Gasteiger partial charge in [0.1, 0.15) is 11.8 Å². The highest BCUT2D eigenvalue weighted by Gasteiger charge is 2.29. The third-order valence-electron chi connectivity index (χ3n) is 3.11. The SMILES string of the molecule is COC(=O)C(C#N)c1c(C#N)n(C)c2ccccc12. The molecule has 19 heavy (non-hydrogen) atoms. The number of esters is 1. The zero-order chi connectivity index (χ0) is 14.0. The number of para-hydroxylation sites is 1. The molecule has 0 saturated heterocycles. The summed E-state index contributed by atoms with van der Waals surface area (Å²) in [5.41, 5.74) is 1.52. The molecule has 2 rings (SSSR count). The fourth-order valence-corrected chi connectivity index (χ4v) is 2.20. The molecule has 0 bridgehead atoms. The molecule has 0 radical (unpaired) electrons. The van der Waals surface area contributed by atoms with Gasteiger partial charge < -0.3 is 9.30 Å². The summed E-state index contributed by atoms with van der Waals surface area (Å²) in [6, 6.07) is 11.2. The van der Waals surface area contributed by atoms with Gasteiger partial charge in [-0.15, -0.1) is 0 Å². The molecular formula is C14H11N3O2. The lowest BCUT2D eigenvalue weighted by Gasteiger charge is -2.06. The Bertz CT molecular complexity index is 731. The smallest absolute Gasteiger partial charge is 0.327 e. The van der Waals surface area contributed by atoms with Crippen LogP contribution >= 0.6 is 0 Å². The minimum absolute atomic E-state index is 0.304. The van der Waals surface area contributed by atoms with Crippen molar-refractivity contribution in [3.63, 3.8) is 0 Å².